The summed E-state index contributed by atoms with van der Waals surface area (Å²) in [6, 6.07) is 15.8. The van der Waals surface area contributed by atoms with Crippen LogP contribution in [0.25, 0.3) is 0 Å². The molecule has 0 amide bonds. The number of hydrogen-bond donors (Lipinski definition) is 2. The summed E-state index contributed by atoms with van der Waals surface area (Å²) < 4.78 is 16.2. The highest BCUT2D eigenvalue weighted by atomic mass is 127. The van der Waals surface area contributed by atoms with Crippen LogP contribution in [0.5, 0.6) is 17.2 Å². The van der Waals surface area contributed by atoms with E-state index in [4.69, 9.17) is 14.2 Å². The molecule has 30 heavy (non-hydrogen) atoms. The smallest absolute Gasteiger partial charge is 0.191 e. The molecule has 0 saturated carbocycles. The van der Waals surface area contributed by atoms with Crippen LogP contribution in [-0.4, -0.2) is 65.9 Å². The molecule has 2 aromatic rings. The zero-order valence-corrected chi connectivity index (χ0v) is 20.7. The van der Waals surface area contributed by atoms with E-state index in [0.29, 0.717) is 19.7 Å². The standard InChI is InChI=1S/C22H32N4O3.HI/c1-23-22(24-13-14-29-19-11-9-18(27-4)10-12-19)25-16-21(26(2)3)17-7-6-8-20(15-17)28-5;/h6-12,15,21H,13-14,16H2,1-5H3,(H2,23,24,25);1H. The van der Waals surface area contributed by atoms with Crippen molar-refractivity contribution < 1.29 is 14.2 Å². The molecule has 0 heterocycles. The molecule has 1 unspecified atom stereocenters. The van der Waals surface area contributed by atoms with Crippen LogP contribution in [0, 0.1) is 0 Å². The SMILES string of the molecule is CN=C(NCCOc1ccc(OC)cc1)NCC(c1cccc(OC)c1)N(C)C.I. The summed E-state index contributed by atoms with van der Waals surface area (Å²) in [4.78, 5) is 6.46. The minimum atomic E-state index is 0. The summed E-state index contributed by atoms with van der Waals surface area (Å²) >= 11 is 0. The molecule has 0 saturated heterocycles. The quantitative estimate of drug-likeness (QED) is 0.214. The molecular weight excluding hydrogens is 495 g/mol. The Kier molecular flexibility index (Phi) is 12.0. The van der Waals surface area contributed by atoms with Crippen molar-refractivity contribution in [1.29, 1.82) is 0 Å². The summed E-state index contributed by atoms with van der Waals surface area (Å²) in [6.07, 6.45) is 0. The fourth-order valence-electron chi connectivity index (χ4n) is 2.87. The molecule has 0 aliphatic carbocycles. The first-order valence-corrected chi connectivity index (χ1v) is 9.59. The van der Waals surface area contributed by atoms with Gasteiger partial charge in [0.05, 0.1) is 26.8 Å². The molecule has 0 aliphatic rings. The van der Waals surface area contributed by atoms with Gasteiger partial charge in [0.15, 0.2) is 5.96 Å². The Balaban J connectivity index is 0.00000450. The largest absolute Gasteiger partial charge is 0.497 e. The lowest BCUT2D eigenvalue weighted by Gasteiger charge is -2.26. The van der Waals surface area contributed by atoms with Gasteiger partial charge >= 0.3 is 0 Å². The van der Waals surface area contributed by atoms with Gasteiger partial charge in [-0.1, -0.05) is 12.1 Å². The first-order valence-electron chi connectivity index (χ1n) is 9.59. The minimum absolute atomic E-state index is 0. The van der Waals surface area contributed by atoms with Crippen LogP contribution in [0.1, 0.15) is 11.6 Å². The van der Waals surface area contributed by atoms with Crippen molar-refractivity contribution in [3.05, 3.63) is 54.1 Å². The first kappa shape index (κ1) is 25.8. The van der Waals surface area contributed by atoms with E-state index in [2.05, 4.69) is 46.8 Å². The van der Waals surface area contributed by atoms with Crippen LogP contribution in [0.15, 0.2) is 53.5 Å². The maximum absolute atomic E-state index is 5.74. The van der Waals surface area contributed by atoms with E-state index < -0.39 is 0 Å². The molecule has 0 bridgehead atoms. The number of guanidine groups is 1. The molecule has 1 atom stereocenters. The van der Waals surface area contributed by atoms with Crippen molar-refractivity contribution in [1.82, 2.24) is 15.5 Å². The average Bonchev–Trinajstić information content (AvgIpc) is 2.75. The molecule has 0 spiro atoms. The van der Waals surface area contributed by atoms with Gasteiger partial charge in [0.2, 0.25) is 0 Å². The number of likely N-dealkylation sites (N-methyl/N-ethyl adjacent to an activating group) is 1. The molecule has 0 radical (unpaired) electrons. The number of nitrogens with one attached hydrogen (secondary N) is 2. The predicted molar refractivity (Wildman–Crippen MR) is 133 cm³/mol. The average molecular weight is 528 g/mol. The fourth-order valence-corrected chi connectivity index (χ4v) is 2.87. The Labute approximate surface area is 196 Å². The van der Waals surface area contributed by atoms with Crippen molar-refractivity contribution in [2.45, 2.75) is 6.04 Å². The number of ether oxygens (including phenoxy) is 3. The Morgan fingerprint density at radius 1 is 0.967 bits per heavy atom. The molecule has 8 heteroatoms. The third kappa shape index (κ3) is 8.27. The monoisotopic (exact) mass is 528 g/mol. The maximum atomic E-state index is 5.74. The van der Waals surface area contributed by atoms with Gasteiger partial charge in [-0.25, -0.2) is 0 Å². The molecule has 166 valence electrons. The summed E-state index contributed by atoms with van der Waals surface area (Å²) in [7, 11) is 9.21. The molecule has 0 fully saturated rings. The lowest BCUT2D eigenvalue weighted by molar-refractivity contribution is 0.296. The van der Waals surface area contributed by atoms with Crippen LogP contribution in [0.3, 0.4) is 0 Å². The Bertz CT molecular complexity index is 769. The molecular formula is C22H33IN4O3. The van der Waals surface area contributed by atoms with E-state index in [0.717, 1.165) is 23.2 Å². The minimum Gasteiger partial charge on any atom is -0.497 e. The number of aliphatic imine (C=N–C) groups is 1. The highest BCUT2D eigenvalue weighted by molar-refractivity contribution is 14.0. The molecule has 0 aromatic heterocycles. The van der Waals surface area contributed by atoms with E-state index in [1.807, 2.05) is 36.4 Å². The Morgan fingerprint density at radius 2 is 1.63 bits per heavy atom. The van der Waals surface area contributed by atoms with E-state index in [9.17, 15) is 0 Å². The van der Waals surface area contributed by atoms with E-state index in [1.54, 1.807) is 21.3 Å². The van der Waals surface area contributed by atoms with Crippen LogP contribution in [0.2, 0.25) is 0 Å². The third-order valence-electron chi connectivity index (χ3n) is 4.51. The molecule has 7 nitrogen and oxygen atoms in total. The molecule has 2 rings (SSSR count). The van der Waals surface area contributed by atoms with Gasteiger partial charge in [-0.15, -0.1) is 24.0 Å². The van der Waals surface area contributed by atoms with Gasteiger partial charge in [0.1, 0.15) is 23.9 Å². The molecule has 0 aliphatic heterocycles. The van der Waals surface area contributed by atoms with Crippen molar-refractivity contribution in [2.75, 3.05) is 55.1 Å². The second kappa shape index (κ2) is 13.9. The Morgan fingerprint density at radius 3 is 2.23 bits per heavy atom. The van der Waals surface area contributed by atoms with Crippen molar-refractivity contribution >= 4 is 29.9 Å². The van der Waals surface area contributed by atoms with Crippen molar-refractivity contribution in [3.8, 4) is 17.2 Å². The zero-order valence-electron chi connectivity index (χ0n) is 18.3. The second-order valence-corrected chi connectivity index (χ2v) is 6.66. The van der Waals surface area contributed by atoms with Crippen LogP contribution < -0.4 is 24.8 Å². The summed E-state index contributed by atoms with van der Waals surface area (Å²) in [5, 5.41) is 6.66. The van der Waals surface area contributed by atoms with Gasteiger partial charge in [0.25, 0.3) is 0 Å². The number of hydrogen-bond acceptors (Lipinski definition) is 5. The number of nitrogens with zero attached hydrogens (tertiary/aromatic N) is 2. The van der Waals surface area contributed by atoms with E-state index in [-0.39, 0.29) is 30.0 Å². The highest BCUT2D eigenvalue weighted by Crippen LogP contribution is 2.22. The lowest BCUT2D eigenvalue weighted by Crippen LogP contribution is -2.43. The number of halogens is 1. The molecule has 2 aromatic carbocycles. The van der Waals surface area contributed by atoms with Crippen LogP contribution >= 0.6 is 24.0 Å². The van der Waals surface area contributed by atoms with Gasteiger partial charge < -0.3 is 29.7 Å². The first-order chi connectivity index (χ1) is 14.1. The van der Waals surface area contributed by atoms with Crippen LogP contribution in [-0.2, 0) is 0 Å². The predicted octanol–water partition coefficient (Wildman–Crippen LogP) is 3.17. The topological polar surface area (TPSA) is 67.4 Å². The lowest BCUT2D eigenvalue weighted by atomic mass is 10.1. The normalized spacial score (nSPS) is 12.0. The molecule has 2 N–H and O–H groups in total. The maximum Gasteiger partial charge on any atom is 0.191 e. The van der Waals surface area contributed by atoms with Crippen LogP contribution in [0.4, 0.5) is 0 Å². The highest BCUT2D eigenvalue weighted by Gasteiger charge is 2.15. The van der Waals surface area contributed by atoms with Gasteiger partial charge in [0, 0.05) is 13.6 Å². The van der Waals surface area contributed by atoms with E-state index >= 15 is 0 Å². The Hall–Kier alpha value is -2.20. The number of benzene rings is 2. The van der Waals surface area contributed by atoms with Gasteiger partial charge in [-0.2, -0.15) is 0 Å². The number of methoxy groups -OCH3 is 2. The fraction of sp³-hybridized carbons (Fsp3) is 0.409. The van der Waals surface area contributed by atoms with Crippen molar-refractivity contribution in [3.63, 3.8) is 0 Å². The summed E-state index contributed by atoms with van der Waals surface area (Å²) in [5.74, 6) is 3.21. The third-order valence-corrected chi connectivity index (χ3v) is 4.51. The van der Waals surface area contributed by atoms with E-state index in [1.165, 1.54) is 5.56 Å². The van der Waals surface area contributed by atoms with Gasteiger partial charge in [-0.05, 0) is 56.1 Å². The number of rotatable bonds is 10. The second-order valence-electron chi connectivity index (χ2n) is 6.66. The summed E-state index contributed by atoms with van der Waals surface area (Å²) in [5.41, 5.74) is 1.18. The summed E-state index contributed by atoms with van der Waals surface area (Å²) in [6.45, 7) is 1.87. The zero-order chi connectivity index (χ0) is 21.1. The van der Waals surface area contributed by atoms with Gasteiger partial charge in [-0.3, -0.25) is 4.99 Å². The van der Waals surface area contributed by atoms with Crippen molar-refractivity contribution in [2.24, 2.45) is 4.99 Å².